The first kappa shape index (κ1) is 19.2. The Hall–Kier alpha value is -3.61. The number of nitrogens with one attached hydrogen (secondary N) is 2. The van der Waals surface area contributed by atoms with Gasteiger partial charge in [-0.05, 0) is 38.1 Å². The molecule has 0 aliphatic rings. The van der Waals surface area contributed by atoms with Crippen LogP contribution >= 0.6 is 0 Å². The minimum Gasteiger partial charge on any atom is -0.483 e. The summed E-state index contributed by atoms with van der Waals surface area (Å²) in [6.45, 7) is 3.72. The second-order valence-corrected chi connectivity index (χ2v) is 6.41. The number of hydrogen-bond donors (Lipinski definition) is 2. The van der Waals surface area contributed by atoms with Gasteiger partial charge in [-0.25, -0.2) is 4.68 Å². The van der Waals surface area contributed by atoms with Gasteiger partial charge in [-0.15, -0.1) is 0 Å². The average molecular weight is 378 g/mol. The van der Waals surface area contributed by atoms with E-state index in [0.717, 1.165) is 0 Å². The fourth-order valence-electron chi connectivity index (χ4n) is 2.65. The van der Waals surface area contributed by atoms with Crippen molar-refractivity contribution in [3.8, 4) is 5.75 Å². The van der Waals surface area contributed by atoms with Gasteiger partial charge in [0.15, 0.2) is 6.61 Å². The highest BCUT2D eigenvalue weighted by molar-refractivity contribution is 6.06. The number of anilines is 2. The highest BCUT2D eigenvalue weighted by atomic mass is 16.5. The van der Waals surface area contributed by atoms with Crippen molar-refractivity contribution in [3.63, 3.8) is 0 Å². The van der Waals surface area contributed by atoms with E-state index >= 15 is 0 Å². The van der Waals surface area contributed by atoms with Crippen LogP contribution in [0.3, 0.4) is 0 Å². The van der Waals surface area contributed by atoms with Crippen LogP contribution in [0.5, 0.6) is 5.75 Å². The lowest BCUT2D eigenvalue weighted by Gasteiger charge is -2.13. The molecule has 28 heavy (non-hydrogen) atoms. The van der Waals surface area contributed by atoms with Crippen molar-refractivity contribution in [2.24, 2.45) is 0 Å². The fraction of sp³-hybridized carbons (Fsp3) is 0.190. The number of benzene rings is 2. The third-order valence-corrected chi connectivity index (χ3v) is 3.95. The maximum absolute atomic E-state index is 12.6. The molecule has 0 radical (unpaired) electrons. The minimum atomic E-state index is -0.333. The molecule has 0 aliphatic carbocycles. The number of rotatable bonds is 7. The van der Waals surface area contributed by atoms with Crippen molar-refractivity contribution in [1.82, 2.24) is 9.78 Å². The average Bonchev–Trinajstić information content (AvgIpc) is 3.16. The lowest BCUT2D eigenvalue weighted by molar-refractivity contribution is -0.118. The fourth-order valence-corrected chi connectivity index (χ4v) is 2.65. The van der Waals surface area contributed by atoms with Gasteiger partial charge in [-0.1, -0.05) is 30.3 Å². The third kappa shape index (κ3) is 4.76. The van der Waals surface area contributed by atoms with Crippen molar-refractivity contribution in [3.05, 3.63) is 72.4 Å². The van der Waals surface area contributed by atoms with Crippen molar-refractivity contribution < 1.29 is 14.3 Å². The predicted molar refractivity (Wildman–Crippen MR) is 108 cm³/mol. The highest BCUT2D eigenvalue weighted by Gasteiger charge is 2.15. The highest BCUT2D eigenvalue weighted by Crippen LogP contribution is 2.20. The van der Waals surface area contributed by atoms with E-state index < -0.39 is 0 Å². The first-order chi connectivity index (χ1) is 13.5. The van der Waals surface area contributed by atoms with Crippen LogP contribution in [0.25, 0.3) is 0 Å². The summed E-state index contributed by atoms with van der Waals surface area (Å²) in [5.41, 5.74) is 1.04. The molecule has 2 amide bonds. The van der Waals surface area contributed by atoms with Crippen LogP contribution in [0.1, 0.15) is 30.2 Å². The van der Waals surface area contributed by atoms with Crippen LogP contribution in [-0.2, 0) is 4.79 Å². The molecule has 7 nitrogen and oxygen atoms in total. The first-order valence-corrected chi connectivity index (χ1v) is 8.96. The van der Waals surface area contributed by atoms with Crippen molar-refractivity contribution >= 4 is 23.3 Å². The minimum absolute atomic E-state index is 0.119. The second-order valence-electron chi connectivity index (χ2n) is 6.41. The predicted octanol–water partition coefficient (Wildman–Crippen LogP) is 3.73. The molecule has 0 spiro atoms. The lowest BCUT2D eigenvalue weighted by Crippen LogP contribution is -2.23. The van der Waals surface area contributed by atoms with E-state index in [4.69, 9.17) is 4.74 Å². The van der Waals surface area contributed by atoms with Gasteiger partial charge in [0.05, 0.1) is 11.8 Å². The van der Waals surface area contributed by atoms with Gasteiger partial charge >= 0.3 is 0 Å². The third-order valence-electron chi connectivity index (χ3n) is 3.95. The maximum Gasteiger partial charge on any atom is 0.263 e. The zero-order valence-corrected chi connectivity index (χ0v) is 15.8. The topological polar surface area (TPSA) is 85.2 Å². The summed E-state index contributed by atoms with van der Waals surface area (Å²) in [7, 11) is 0. The molecule has 0 aliphatic heterocycles. The lowest BCUT2D eigenvalue weighted by atomic mass is 10.2. The summed E-state index contributed by atoms with van der Waals surface area (Å²) >= 11 is 0. The number of aromatic nitrogens is 2. The van der Waals surface area contributed by atoms with Gasteiger partial charge < -0.3 is 15.4 Å². The van der Waals surface area contributed by atoms with Crippen LogP contribution in [0.2, 0.25) is 0 Å². The summed E-state index contributed by atoms with van der Waals surface area (Å²) < 4.78 is 7.31. The molecule has 1 aromatic heterocycles. The Morgan fingerprint density at radius 1 is 1.00 bits per heavy atom. The molecule has 1 heterocycles. The van der Waals surface area contributed by atoms with Crippen LogP contribution in [0.4, 0.5) is 11.5 Å². The van der Waals surface area contributed by atoms with Gasteiger partial charge in [0.1, 0.15) is 11.6 Å². The van der Waals surface area contributed by atoms with Crippen LogP contribution < -0.4 is 15.4 Å². The SMILES string of the molecule is CC(C)n1nccc1NC(=O)COc1ccccc1C(=O)Nc1ccccc1. The Kier molecular flexibility index (Phi) is 6.06. The molecule has 3 rings (SSSR count). The summed E-state index contributed by atoms with van der Waals surface area (Å²) in [5.74, 6) is 0.294. The molecule has 2 N–H and O–H groups in total. The van der Waals surface area contributed by atoms with Crippen molar-refractivity contribution in [2.75, 3.05) is 17.2 Å². The Morgan fingerprint density at radius 2 is 1.71 bits per heavy atom. The molecule has 2 aromatic carbocycles. The number of ether oxygens (including phenoxy) is 1. The molecule has 0 saturated carbocycles. The number of carbonyl (C=O) groups is 2. The molecule has 0 saturated heterocycles. The molecule has 0 unspecified atom stereocenters. The number of hydrogen-bond acceptors (Lipinski definition) is 4. The normalized spacial score (nSPS) is 10.5. The van der Waals surface area contributed by atoms with Crippen molar-refractivity contribution in [2.45, 2.75) is 19.9 Å². The Morgan fingerprint density at radius 3 is 2.46 bits per heavy atom. The molecular weight excluding hydrogens is 356 g/mol. The Bertz CT molecular complexity index is 951. The molecule has 7 heteroatoms. The standard InChI is InChI=1S/C21H22N4O3/c1-15(2)25-19(12-13-22-25)24-20(26)14-28-18-11-7-6-10-17(18)21(27)23-16-8-4-3-5-9-16/h3-13,15H,14H2,1-2H3,(H,23,27)(H,24,26). The molecule has 3 aromatic rings. The Labute approximate surface area is 163 Å². The van der Waals surface area contributed by atoms with Crippen LogP contribution in [-0.4, -0.2) is 28.2 Å². The van der Waals surface area contributed by atoms with Gasteiger partial charge in [-0.3, -0.25) is 9.59 Å². The number of carbonyl (C=O) groups excluding carboxylic acids is 2. The summed E-state index contributed by atoms with van der Waals surface area (Å²) in [6.07, 6.45) is 1.62. The molecular formula is C21H22N4O3. The Balaban J connectivity index is 1.64. The smallest absolute Gasteiger partial charge is 0.263 e. The van der Waals surface area contributed by atoms with E-state index in [-0.39, 0.29) is 24.5 Å². The number of para-hydroxylation sites is 2. The largest absolute Gasteiger partial charge is 0.483 e. The van der Waals surface area contributed by atoms with Gasteiger partial charge in [-0.2, -0.15) is 5.10 Å². The zero-order chi connectivity index (χ0) is 19.9. The molecule has 0 fully saturated rings. The quantitative estimate of drug-likeness (QED) is 0.656. The molecule has 0 atom stereocenters. The van der Waals surface area contributed by atoms with E-state index in [2.05, 4.69) is 15.7 Å². The van der Waals surface area contributed by atoms with E-state index in [1.165, 1.54) is 0 Å². The van der Waals surface area contributed by atoms with Crippen LogP contribution in [0.15, 0.2) is 66.9 Å². The van der Waals surface area contributed by atoms with Crippen molar-refractivity contribution in [1.29, 1.82) is 0 Å². The van der Waals surface area contributed by atoms with Crippen LogP contribution in [0, 0.1) is 0 Å². The number of amides is 2. The monoisotopic (exact) mass is 378 g/mol. The first-order valence-electron chi connectivity index (χ1n) is 8.96. The zero-order valence-electron chi connectivity index (χ0n) is 15.8. The van der Waals surface area contributed by atoms with E-state index in [9.17, 15) is 9.59 Å². The molecule has 144 valence electrons. The van der Waals surface area contributed by atoms with E-state index in [0.29, 0.717) is 22.8 Å². The van der Waals surface area contributed by atoms with E-state index in [1.807, 2.05) is 32.0 Å². The van der Waals surface area contributed by atoms with E-state index in [1.54, 1.807) is 53.3 Å². The van der Waals surface area contributed by atoms with Gasteiger partial charge in [0.2, 0.25) is 0 Å². The summed E-state index contributed by atoms with van der Waals surface area (Å²) in [5, 5.41) is 9.75. The summed E-state index contributed by atoms with van der Waals surface area (Å²) in [4.78, 5) is 24.8. The maximum atomic E-state index is 12.6. The van der Waals surface area contributed by atoms with Gasteiger partial charge in [0, 0.05) is 17.8 Å². The molecule has 0 bridgehead atoms. The second kappa shape index (κ2) is 8.85. The number of nitrogens with zero attached hydrogens (tertiary/aromatic N) is 2. The van der Waals surface area contributed by atoms with Gasteiger partial charge in [0.25, 0.3) is 11.8 Å². The summed E-state index contributed by atoms with van der Waals surface area (Å²) in [6, 6.07) is 17.8.